The summed E-state index contributed by atoms with van der Waals surface area (Å²) in [6.07, 6.45) is 8.94. The van der Waals surface area contributed by atoms with E-state index in [0.29, 0.717) is 27.9 Å². The summed E-state index contributed by atoms with van der Waals surface area (Å²) < 4.78 is 8.31. The quantitative estimate of drug-likeness (QED) is 0.173. The zero-order chi connectivity index (χ0) is 29.8. The Morgan fingerprint density at radius 1 is 0.977 bits per heavy atom. The molecule has 0 amide bonds. The van der Waals surface area contributed by atoms with Crippen LogP contribution in [0.1, 0.15) is 53.0 Å². The van der Waals surface area contributed by atoms with E-state index in [1.165, 1.54) is 16.7 Å². The molecule has 8 heteroatoms. The summed E-state index contributed by atoms with van der Waals surface area (Å²) in [4.78, 5) is 6.57. The molecule has 1 aliphatic rings. The van der Waals surface area contributed by atoms with E-state index in [2.05, 4.69) is 70.6 Å². The molecule has 1 unspecified atom stereocenters. The monoisotopic (exact) mass is 611 g/mol. The van der Waals surface area contributed by atoms with Crippen molar-refractivity contribution in [3.05, 3.63) is 123 Å². The molecule has 0 saturated heterocycles. The molecule has 0 spiro atoms. The van der Waals surface area contributed by atoms with Gasteiger partial charge in [0.25, 0.3) is 0 Å². The molecule has 0 bridgehead atoms. The maximum Gasteiger partial charge on any atom is 0.124 e. The zero-order valence-electron chi connectivity index (χ0n) is 24.2. The lowest BCUT2D eigenvalue weighted by molar-refractivity contribution is 0.227. The van der Waals surface area contributed by atoms with Crippen molar-refractivity contribution in [2.45, 2.75) is 45.5 Å². The Balaban J connectivity index is 1.20. The van der Waals surface area contributed by atoms with E-state index in [9.17, 15) is 0 Å². The first kappa shape index (κ1) is 29.4. The normalized spacial score (nSPS) is 14.3. The lowest BCUT2D eigenvalue weighted by atomic mass is 9.99. The van der Waals surface area contributed by atoms with E-state index < -0.39 is 0 Å². The van der Waals surface area contributed by atoms with Gasteiger partial charge in [0.15, 0.2) is 0 Å². The van der Waals surface area contributed by atoms with Crippen molar-refractivity contribution < 1.29 is 4.74 Å². The van der Waals surface area contributed by atoms with E-state index in [-0.39, 0.29) is 6.10 Å². The summed E-state index contributed by atoms with van der Waals surface area (Å²) in [7, 11) is 0. The number of rotatable bonds is 10. The van der Waals surface area contributed by atoms with Gasteiger partial charge >= 0.3 is 0 Å². The summed E-state index contributed by atoms with van der Waals surface area (Å²) in [6.45, 7) is 6.32. The molecule has 0 saturated carbocycles. The second-order valence-electron chi connectivity index (χ2n) is 11.0. The maximum atomic E-state index is 6.38. The molecule has 2 aromatic heterocycles. The van der Waals surface area contributed by atoms with Gasteiger partial charge in [-0.25, -0.2) is 0 Å². The van der Waals surface area contributed by atoms with Crippen LogP contribution in [0.4, 0.5) is 0 Å². The van der Waals surface area contributed by atoms with Crippen molar-refractivity contribution in [3.8, 4) is 5.75 Å². The fourth-order valence-electron chi connectivity index (χ4n) is 5.72. The van der Waals surface area contributed by atoms with Crippen LogP contribution in [0.5, 0.6) is 5.75 Å². The first-order valence-corrected chi connectivity index (χ1v) is 15.5. The largest absolute Gasteiger partial charge is 0.486 e. The number of pyridine rings is 1. The van der Waals surface area contributed by atoms with Crippen molar-refractivity contribution >= 4 is 46.3 Å². The highest BCUT2D eigenvalue weighted by Crippen LogP contribution is 2.34. The van der Waals surface area contributed by atoms with Crippen LogP contribution >= 0.6 is 23.2 Å². The molecule has 1 atom stereocenters. The van der Waals surface area contributed by atoms with Crippen LogP contribution in [0.3, 0.4) is 0 Å². The summed E-state index contributed by atoms with van der Waals surface area (Å²) in [5, 5.41) is 6.89. The van der Waals surface area contributed by atoms with Gasteiger partial charge in [-0.05, 0) is 72.8 Å². The number of aryl methyl sites for hydroxylation is 1. The summed E-state index contributed by atoms with van der Waals surface area (Å²) in [5.41, 5.74) is 13.8. The van der Waals surface area contributed by atoms with E-state index >= 15 is 0 Å². The fraction of sp³-hybridized carbons (Fsp3) is 0.257. The minimum Gasteiger partial charge on any atom is -0.486 e. The lowest BCUT2D eigenvalue weighted by Crippen LogP contribution is -2.29. The number of benzene rings is 3. The van der Waals surface area contributed by atoms with Gasteiger partial charge in [0.1, 0.15) is 11.9 Å². The smallest absolute Gasteiger partial charge is 0.124 e. The van der Waals surface area contributed by atoms with Crippen molar-refractivity contribution in [2.24, 2.45) is 5.73 Å². The molecule has 6 rings (SSSR count). The topological polar surface area (TPSA) is 69.2 Å². The molecule has 0 fully saturated rings. The van der Waals surface area contributed by atoms with Gasteiger partial charge in [-0.15, -0.1) is 0 Å². The summed E-state index contributed by atoms with van der Waals surface area (Å²) >= 11 is 12.8. The van der Waals surface area contributed by atoms with Crippen LogP contribution in [0.25, 0.3) is 23.1 Å². The van der Waals surface area contributed by atoms with Crippen LogP contribution < -0.4 is 10.5 Å². The van der Waals surface area contributed by atoms with Crippen molar-refractivity contribution in [1.82, 2.24) is 19.7 Å². The highest BCUT2D eigenvalue weighted by Gasteiger charge is 2.18. The molecule has 6 nitrogen and oxygen atoms in total. The summed E-state index contributed by atoms with van der Waals surface area (Å²) in [5.74, 6) is 0.710. The van der Waals surface area contributed by atoms with Crippen LogP contribution in [0.2, 0.25) is 10.0 Å². The molecule has 1 aliphatic heterocycles. The predicted octanol–water partition coefficient (Wildman–Crippen LogP) is 7.96. The Morgan fingerprint density at radius 3 is 2.51 bits per heavy atom. The molecule has 3 aromatic carbocycles. The Hall–Kier alpha value is -3.68. The van der Waals surface area contributed by atoms with Crippen molar-refractivity contribution in [3.63, 3.8) is 0 Å². The van der Waals surface area contributed by atoms with E-state index in [1.54, 1.807) is 12.4 Å². The fourth-order valence-corrected chi connectivity index (χ4v) is 6.39. The molecule has 0 aliphatic carbocycles. The third-order valence-corrected chi connectivity index (χ3v) is 8.57. The minimum absolute atomic E-state index is 0.357. The van der Waals surface area contributed by atoms with Crippen molar-refractivity contribution in [1.29, 1.82) is 0 Å². The number of nitrogens with zero attached hydrogens (tertiary/aromatic N) is 4. The minimum atomic E-state index is -0.357. The molecule has 5 aromatic rings. The zero-order valence-corrected chi connectivity index (χ0v) is 25.7. The van der Waals surface area contributed by atoms with Crippen LogP contribution in [0.15, 0.2) is 79.1 Å². The van der Waals surface area contributed by atoms with Gasteiger partial charge in [0, 0.05) is 49.5 Å². The molecule has 220 valence electrons. The van der Waals surface area contributed by atoms with Crippen LogP contribution in [-0.2, 0) is 26.1 Å². The first-order chi connectivity index (χ1) is 21.0. The number of aromatic nitrogens is 3. The third kappa shape index (κ3) is 6.78. The first-order valence-electron chi connectivity index (χ1n) is 14.7. The number of hydrogen-bond acceptors (Lipinski definition) is 5. The second kappa shape index (κ2) is 13.3. The lowest BCUT2D eigenvalue weighted by Gasteiger charge is -2.28. The third-order valence-electron chi connectivity index (χ3n) is 7.96. The molecule has 43 heavy (non-hydrogen) atoms. The van der Waals surface area contributed by atoms with Gasteiger partial charge in [0.2, 0.25) is 0 Å². The van der Waals surface area contributed by atoms with Crippen LogP contribution in [-0.4, -0.2) is 32.8 Å². The molecular formula is C35H35Cl2N5O. The second-order valence-corrected chi connectivity index (χ2v) is 11.8. The Kier molecular flexibility index (Phi) is 9.10. The highest BCUT2D eigenvalue weighted by molar-refractivity contribution is 6.35. The Labute approximate surface area is 262 Å². The molecular weight excluding hydrogens is 577 g/mol. The molecule has 2 N–H and O–H groups in total. The van der Waals surface area contributed by atoms with Gasteiger partial charge in [-0.1, -0.05) is 77.8 Å². The van der Waals surface area contributed by atoms with E-state index in [4.69, 9.17) is 38.8 Å². The molecule has 3 heterocycles. The van der Waals surface area contributed by atoms with E-state index in [1.807, 2.05) is 29.8 Å². The van der Waals surface area contributed by atoms with Gasteiger partial charge in [-0.3, -0.25) is 14.6 Å². The highest BCUT2D eigenvalue weighted by atomic mass is 35.5. The number of fused-ring (bicyclic) bond motifs is 2. The number of nitrogens with two attached hydrogens (primary N) is 1. The molecule has 0 radical (unpaired) electrons. The Bertz CT molecular complexity index is 1730. The van der Waals surface area contributed by atoms with E-state index in [0.717, 1.165) is 61.2 Å². The van der Waals surface area contributed by atoms with Crippen LogP contribution in [0, 0.1) is 0 Å². The van der Waals surface area contributed by atoms with Gasteiger partial charge in [0.05, 0.1) is 21.3 Å². The van der Waals surface area contributed by atoms with Gasteiger partial charge in [-0.2, -0.15) is 5.10 Å². The number of hydrogen-bond donors (Lipinski definition) is 1. The predicted molar refractivity (Wildman–Crippen MR) is 176 cm³/mol. The SMILES string of the molecule is CC(Oc1ccc2c(c1)c(/C=C/c1ccc(CN3CCc4ccccc4C3)cc1)nn2CCCN)c1c(Cl)cncc1Cl. The summed E-state index contributed by atoms with van der Waals surface area (Å²) in [6, 6.07) is 23.6. The number of ether oxygens (including phenoxy) is 1. The van der Waals surface area contributed by atoms with Gasteiger partial charge < -0.3 is 10.5 Å². The average molecular weight is 613 g/mol. The Morgan fingerprint density at radius 2 is 1.74 bits per heavy atom. The average Bonchev–Trinajstić information content (AvgIpc) is 3.36. The number of halogens is 2. The standard InChI is InChI=1S/C35H35Cl2N5O/c1-24(35-31(36)20-39-21-32(35)37)43-29-12-14-34-30(19-29)33(40-42(34)17-4-16-38)13-11-25-7-9-26(10-8-25)22-41-18-15-27-5-2-3-6-28(27)23-41/h2-3,5-14,19-21,24H,4,15-18,22-23,38H2,1H3/b13-11+. The maximum absolute atomic E-state index is 6.38. The van der Waals surface area contributed by atoms with Crippen molar-refractivity contribution in [2.75, 3.05) is 13.1 Å².